The first-order valence-electron chi connectivity index (χ1n) is 6.57. The zero-order valence-electron chi connectivity index (χ0n) is 11.6. The highest BCUT2D eigenvalue weighted by atomic mass is 16.4. The van der Waals surface area contributed by atoms with Gasteiger partial charge in [-0.2, -0.15) is 0 Å². The van der Waals surface area contributed by atoms with E-state index in [1.165, 1.54) is 4.90 Å². The Morgan fingerprint density at radius 1 is 1.37 bits per heavy atom. The maximum Gasteiger partial charge on any atom is 0.408 e. The Morgan fingerprint density at radius 3 is 2.53 bits per heavy atom. The van der Waals surface area contributed by atoms with Crippen molar-refractivity contribution >= 4 is 6.09 Å². The highest BCUT2D eigenvalue weighted by Gasteiger charge is 2.42. The van der Waals surface area contributed by atoms with E-state index >= 15 is 0 Å². The minimum Gasteiger partial charge on any atom is -0.465 e. The fraction of sp³-hybridized carbons (Fsp3) is 0.533. The molecule has 4 nitrogen and oxygen atoms in total. The number of hydrogen-bond donors (Lipinski definition) is 2. The SMILES string of the molecule is CC(C)(C)N(C(=O)O)[C@@H]1Cc2ccccc2[C@H]1CO. The van der Waals surface area contributed by atoms with Crippen LogP contribution in [0.1, 0.15) is 37.8 Å². The summed E-state index contributed by atoms with van der Waals surface area (Å²) in [7, 11) is 0. The highest BCUT2D eigenvalue weighted by Crippen LogP contribution is 2.38. The number of aliphatic hydroxyl groups excluding tert-OH is 1. The van der Waals surface area contributed by atoms with Crippen LogP contribution < -0.4 is 0 Å². The standard InChI is InChI=1S/C15H21NO3/c1-15(2,3)16(14(18)19)13-8-10-6-4-5-7-11(10)12(13)9-17/h4-7,12-13,17H,8-9H2,1-3H3,(H,18,19)/t12-,13-/m1/s1. The van der Waals surface area contributed by atoms with Gasteiger partial charge in [-0.3, -0.25) is 4.90 Å². The molecule has 1 aliphatic rings. The summed E-state index contributed by atoms with van der Waals surface area (Å²) in [6.07, 6.45) is -0.255. The molecule has 0 saturated carbocycles. The average Bonchev–Trinajstić information content (AvgIpc) is 2.64. The van der Waals surface area contributed by atoms with E-state index in [1.807, 2.05) is 45.0 Å². The Bertz CT molecular complexity index is 479. The van der Waals surface area contributed by atoms with Gasteiger partial charge in [-0.05, 0) is 38.3 Å². The van der Waals surface area contributed by atoms with E-state index in [9.17, 15) is 15.0 Å². The van der Waals surface area contributed by atoms with E-state index in [-0.39, 0.29) is 18.6 Å². The first-order chi connectivity index (χ1) is 8.86. The van der Waals surface area contributed by atoms with Gasteiger partial charge in [0.1, 0.15) is 0 Å². The summed E-state index contributed by atoms with van der Waals surface area (Å²) >= 11 is 0. The monoisotopic (exact) mass is 263 g/mol. The number of carbonyl (C=O) groups is 1. The van der Waals surface area contributed by atoms with Crippen molar-refractivity contribution in [1.29, 1.82) is 0 Å². The quantitative estimate of drug-likeness (QED) is 0.861. The van der Waals surface area contributed by atoms with Crippen molar-refractivity contribution < 1.29 is 15.0 Å². The zero-order chi connectivity index (χ0) is 14.2. The topological polar surface area (TPSA) is 60.8 Å². The van der Waals surface area contributed by atoms with E-state index in [1.54, 1.807) is 0 Å². The van der Waals surface area contributed by atoms with Crippen LogP contribution in [0, 0.1) is 0 Å². The number of hydrogen-bond acceptors (Lipinski definition) is 2. The summed E-state index contributed by atoms with van der Waals surface area (Å²) < 4.78 is 0. The molecule has 2 rings (SSSR count). The van der Waals surface area contributed by atoms with Gasteiger partial charge in [0.25, 0.3) is 0 Å². The van der Waals surface area contributed by atoms with Crippen molar-refractivity contribution in [3.63, 3.8) is 0 Å². The van der Waals surface area contributed by atoms with Crippen molar-refractivity contribution in [1.82, 2.24) is 4.90 Å². The van der Waals surface area contributed by atoms with Gasteiger partial charge in [-0.15, -0.1) is 0 Å². The molecule has 19 heavy (non-hydrogen) atoms. The van der Waals surface area contributed by atoms with Gasteiger partial charge in [0.2, 0.25) is 0 Å². The number of aliphatic hydroxyl groups is 1. The highest BCUT2D eigenvalue weighted by molar-refractivity contribution is 5.67. The van der Waals surface area contributed by atoms with Gasteiger partial charge in [0.15, 0.2) is 0 Å². The summed E-state index contributed by atoms with van der Waals surface area (Å²) in [5.74, 6) is -0.133. The molecule has 0 saturated heterocycles. The van der Waals surface area contributed by atoms with E-state index in [2.05, 4.69) is 0 Å². The van der Waals surface area contributed by atoms with Crippen LogP contribution in [0.2, 0.25) is 0 Å². The second kappa shape index (κ2) is 4.85. The molecule has 0 aromatic heterocycles. The minimum absolute atomic E-state index is 0.0263. The number of fused-ring (bicyclic) bond motifs is 1. The lowest BCUT2D eigenvalue weighted by Crippen LogP contribution is -2.53. The summed E-state index contributed by atoms with van der Waals surface area (Å²) in [6, 6.07) is 7.70. The molecular formula is C15H21NO3. The molecule has 4 heteroatoms. The van der Waals surface area contributed by atoms with Crippen LogP contribution in [-0.4, -0.2) is 39.4 Å². The van der Waals surface area contributed by atoms with Crippen LogP contribution in [0.5, 0.6) is 0 Å². The Morgan fingerprint density at radius 2 is 2.00 bits per heavy atom. The number of amides is 1. The zero-order valence-corrected chi connectivity index (χ0v) is 11.6. The lowest BCUT2D eigenvalue weighted by Gasteiger charge is -2.40. The predicted octanol–water partition coefficient (Wildman–Crippen LogP) is 2.47. The molecule has 2 N–H and O–H groups in total. The molecule has 0 radical (unpaired) electrons. The molecule has 2 atom stereocenters. The van der Waals surface area contributed by atoms with E-state index in [4.69, 9.17) is 0 Å². The fourth-order valence-corrected chi connectivity index (χ4v) is 3.07. The van der Waals surface area contributed by atoms with Crippen molar-refractivity contribution in [2.24, 2.45) is 0 Å². The largest absolute Gasteiger partial charge is 0.465 e. The molecule has 0 unspecified atom stereocenters. The average molecular weight is 263 g/mol. The van der Waals surface area contributed by atoms with Gasteiger partial charge in [-0.25, -0.2) is 4.79 Å². The third kappa shape index (κ3) is 2.45. The summed E-state index contributed by atoms with van der Waals surface area (Å²) in [5.41, 5.74) is 1.74. The molecule has 0 aliphatic heterocycles. The molecule has 0 fully saturated rings. The van der Waals surface area contributed by atoms with Gasteiger partial charge < -0.3 is 10.2 Å². The van der Waals surface area contributed by atoms with Crippen molar-refractivity contribution in [2.45, 2.75) is 44.7 Å². The van der Waals surface area contributed by atoms with Crippen LogP contribution in [0.4, 0.5) is 4.79 Å². The fourth-order valence-electron chi connectivity index (χ4n) is 3.07. The molecule has 1 aliphatic carbocycles. The summed E-state index contributed by atoms with van der Waals surface area (Å²) in [4.78, 5) is 13.1. The molecule has 104 valence electrons. The molecular weight excluding hydrogens is 242 g/mol. The summed E-state index contributed by atoms with van der Waals surface area (Å²) in [6.45, 7) is 5.64. The number of rotatable bonds is 2. The third-order valence-corrected chi connectivity index (χ3v) is 3.81. The van der Waals surface area contributed by atoms with Crippen LogP contribution in [0.15, 0.2) is 24.3 Å². The van der Waals surface area contributed by atoms with Crippen LogP contribution in [0.25, 0.3) is 0 Å². The first-order valence-corrected chi connectivity index (χ1v) is 6.57. The van der Waals surface area contributed by atoms with Gasteiger partial charge in [0, 0.05) is 17.5 Å². The van der Waals surface area contributed by atoms with E-state index in [0.29, 0.717) is 6.42 Å². The molecule has 0 bridgehead atoms. The number of carboxylic acid groups (broad SMARTS) is 1. The van der Waals surface area contributed by atoms with E-state index < -0.39 is 11.6 Å². The van der Waals surface area contributed by atoms with Gasteiger partial charge in [0.05, 0.1) is 6.61 Å². The van der Waals surface area contributed by atoms with Crippen molar-refractivity contribution in [3.05, 3.63) is 35.4 Å². The number of benzene rings is 1. The second-order valence-corrected chi connectivity index (χ2v) is 6.08. The molecule has 0 spiro atoms. The Kier molecular flexibility index (Phi) is 3.54. The number of nitrogens with zero attached hydrogens (tertiary/aromatic N) is 1. The predicted molar refractivity (Wildman–Crippen MR) is 73.4 cm³/mol. The lowest BCUT2D eigenvalue weighted by atomic mass is 9.94. The third-order valence-electron chi connectivity index (χ3n) is 3.81. The Labute approximate surface area is 113 Å². The van der Waals surface area contributed by atoms with Crippen LogP contribution >= 0.6 is 0 Å². The maximum atomic E-state index is 11.6. The Balaban J connectivity index is 2.39. The maximum absolute atomic E-state index is 11.6. The van der Waals surface area contributed by atoms with Gasteiger partial charge >= 0.3 is 6.09 Å². The lowest BCUT2D eigenvalue weighted by molar-refractivity contribution is 0.0562. The molecule has 1 aromatic rings. The first kappa shape index (κ1) is 13.9. The molecule has 1 aromatic carbocycles. The van der Waals surface area contributed by atoms with Crippen molar-refractivity contribution in [3.8, 4) is 0 Å². The molecule has 1 amide bonds. The van der Waals surface area contributed by atoms with Crippen LogP contribution in [0.3, 0.4) is 0 Å². The van der Waals surface area contributed by atoms with Crippen molar-refractivity contribution in [2.75, 3.05) is 6.61 Å². The van der Waals surface area contributed by atoms with E-state index in [0.717, 1.165) is 11.1 Å². The second-order valence-electron chi connectivity index (χ2n) is 6.08. The molecule has 0 heterocycles. The minimum atomic E-state index is -0.927. The summed E-state index contributed by atoms with van der Waals surface area (Å²) in [5, 5.41) is 19.2. The van der Waals surface area contributed by atoms with Gasteiger partial charge in [-0.1, -0.05) is 24.3 Å². The normalized spacial score (nSPS) is 22.1. The smallest absolute Gasteiger partial charge is 0.408 e. The van der Waals surface area contributed by atoms with Crippen LogP contribution in [-0.2, 0) is 6.42 Å². The Hall–Kier alpha value is -1.55.